The fourth-order valence-electron chi connectivity index (χ4n) is 1.17. The number of rotatable bonds is 3. The first-order valence-electron chi connectivity index (χ1n) is 4.75. The number of aliphatic hydroxyl groups excluding tert-OH is 1. The van der Waals surface area contributed by atoms with Crippen LogP contribution in [0, 0.1) is 11.8 Å². The van der Waals surface area contributed by atoms with Crippen LogP contribution in [0.25, 0.3) is 0 Å². The molecule has 80 valence electrons. The van der Waals surface area contributed by atoms with Crippen LogP contribution in [0.3, 0.4) is 0 Å². The largest absolute Gasteiger partial charge is 0.384 e. The summed E-state index contributed by atoms with van der Waals surface area (Å²) in [5.41, 5.74) is 0.942. The zero-order valence-corrected chi connectivity index (χ0v) is 9.05. The van der Waals surface area contributed by atoms with Crippen LogP contribution in [-0.2, 0) is 16.1 Å². The molecule has 0 aromatic carbocycles. The Morgan fingerprint density at radius 1 is 1.60 bits per heavy atom. The van der Waals surface area contributed by atoms with Crippen LogP contribution in [0.4, 0.5) is 0 Å². The van der Waals surface area contributed by atoms with Crippen LogP contribution in [-0.4, -0.2) is 31.0 Å². The average molecular weight is 224 g/mol. The molecule has 0 saturated carbocycles. The molecule has 1 aromatic rings. The molecule has 2 heterocycles. The number of aliphatic hydroxyl groups is 1. The molecule has 4 heteroatoms. The minimum Gasteiger partial charge on any atom is -0.384 e. The third-order valence-corrected chi connectivity index (χ3v) is 2.94. The van der Waals surface area contributed by atoms with Crippen molar-refractivity contribution in [2.24, 2.45) is 0 Å². The lowest BCUT2D eigenvalue weighted by atomic mass is 10.3. The van der Waals surface area contributed by atoms with Gasteiger partial charge in [0.1, 0.15) is 12.7 Å². The first-order valence-corrected chi connectivity index (χ1v) is 5.63. The Kier molecular flexibility index (Phi) is 3.75. The highest BCUT2D eigenvalue weighted by molar-refractivity contribution is 7.10. The first-order chi connectivity index (χ1) is 7.38. The number of ether oxygens (including phenoxy) is 2. The minimum atomic E-state index is -0.0961. The van der Waals surface area contributed by atoms with Crippen molar-refractivity contribution in [2.75, 3.05) is 19.8 Å². The Hall–Kier alpha value is -0.860. The van der Waals surface area contributed by atoms with E-state index in [4.69, 9.17) is 14.6 Å². The zero-order chi connectivity index (χ0) is 10.5. The van der Waals surface area contributed by atoms with E-state index < -0.39 is 0 Å². The van der Waals surface area contributed by atoms with Gasteiger partial charge in [-0.3, -0.25) is 0 Å². The van der Waals surface area contributed by atoms with Gasteiger partial charge in [0.25, 0.3) is 0 Å². The summed E-state index contributed by atoms with van der Waals surface area (Å²) in [6.45, 7) is 1.95. The number of hydrogen-bond acceptors (Lipinski definition) is 4. The molecule has 3 nitrogen and oxygen atoms in total. The Labute approximate surface area is 92.6 Å². The molecule has 2 rings (SSSR count). The van der Waals surface area contributed by atoms with Crippen molar-refractivity contribution >= 4 is 11.3 Å². The summed E-state index contributed by atoms with van der Waals surface area (Å²) in [5.74, 6) is 5.48. The van der Waals surface area contributed by atoms with E-state index in [9.17, 15) is 0 Å². The summed E-state index contributed by atoms with van der Waals surface area (Å²) in [6.07, 6.45) is 0.263. The molecule has 1 fully saturated rings. The third-order valence-electron chi connectivity index (χ3n) is 2.03. The summed E-state index contributed by atoms with van der Waals surface area (Å²) in [4.78, 5) is 1.16. The van der Waals surface area contributed by atoms with Crippen molar-refractivity contribution < 1.29 is 14.6 Å². The predicted octanol–water partition coefficient (Wildman–Crippen LogP) is 1.01. The molecule has 0 bridgehead atoms. The Morgan fingerprint density at radius 2 is 2.47 bits per heavy atom. The molecule has 1 aromatic heterocycles. The van der Waals surface area contributed by atoms with Crippen molar-refractivity contribution in [1.29, 1.82) is 0 Å². The molecule has 1 aliphatic rings. The van der Waals surface area contributed by atoms with Crippen molar-refractivity contribution in [3.05, 3.63) is 21.9 Å². The smallest absolute Gasteiger partial charge is 0.105 e. The van der Waals surface area contributed by atoms with E-state index in [1.54, 1.807) is 11.3 Å². The molecule has 0 radical (unpaired) electrons. The molecule has 1 N–H and O–H groups in total. The summed E-state index contributed by atoms with van der Waals surface area (Å²) >= 11 is 1.63. The Bertz CT molecular complexity index is 371. The van der Waals surface area contributed by atoms with Crippen LogP contribution in [0.15, 0.2) is 11.4 Å². The van der Waals surface area contributed by atoms with Gasteiger partial charge in [-0.25, -0.2) is 0 Å². The van der Waals surface area contributed by atoms with E-state index in [0.717, 1.165) is 10.4 Å². The van der Waals surface area contributed by atoms with E-state index in [1.165, 1.54) is 0 Å². The third kappa shape index (κ3) is 3.05. The lowest BCUT2D eigenvalue weighted by molar-refractivity contribution is -0.134. The first kappa shape index (κ1) is 10.7. The van der Waals surface area contributed by atoms with Gasteiger partial charge < -0.3 is 14.6 Å². The normalized spacial score (nSPS) is 15.5. The van der Waals surface area contributed by atoms with Crippen LogP contribution >= 0.6 is 11.3 Å². The second kappa shape index (κ2) is 5.29. The highest BCUT2D eigenvalue weighted by atomic mass is 32.1. The lowest BCUT2D eigenvalue weighted by Gasteiger charge is -2.25. The molecule has 15 heavy (non-hydrogen) atoms. The van der Waals surface area contributed by atoms with Crippen LogP contribution < -0.4 is 0 Å². The molecule has 0 atom stereocenters. The van der Waals surface area contributed by atoms with Crippen molar-refractivity contribution in [1.82, 2.24) is 0 Å². The summed E-state index contributed by atoms with van der Waals surface area (Å²) < 4.78 is 10.6. The molecule has 1 saturated heterocycles. The van der Waals surface area contributed by atoms with Gasteiger partial charge >= 0.3 is 0 Å². The monoisotopic (exact) mass is 224 g/mol. The van der Waals surface area contributed by atoms with Gasteiger partial charge in [0.2, 0.25) is 0 Å². The highest BCUT2D eigenvalue weighted by Gasteiger charge is 2.18. The minimum absolute atomic E-state index is 0.0961. The van der Waals surface area contributed by atoms with Crippen LogP contribution in [0.2, 0.25) is 0 Å². The quantitative estimate of drug-likeness (QED) is 0.779. The maximum atomic E-state index is 8.54. The van der Waals surface area contributed by atoms with Crippen molar-refractivity contribution in [2.45, 2.75) is 12.7 Å². The van der Waals surface area contributed by atoms with Gasteiger partial charge in [0.15, 0.2) is 0 Å². The number of hydrogen-bond donors (Lipinski definition) is 1. The van der Waals surface area contributed by atoms with Gasteiger partial charge in [-0.1, -0.05) is 11.8 Å². The van der Waals surface area contributed by atoms with Crippen LogP contribution in [0.5, 0.6) is 0 Å². The second-order valence-corrected chi connectivity index (χ2v) is 4.23. The summed E-state index contributed by atoms with van der Waals surface area (Å²) in [5, 5.41) is 10.5. The van der Waals surface area contributed by atoms with Gasteiger partial charge in [-0.05, 0) is 6.07 Å². The number of thiophene rings is 1. The standard InChI is InChI=1S/C11H12O3S/c12-3-1-2-9-4-11(15-8-9)7-14-10-5-13-6-10/h4,8,10,12H,3,5-7H2. The zero-order valence-electron chi connectivity index (χ0n) is 8.23. The Balaban J connectivity index is 1.83. The SMILES string of the molecule is OCC#Cc1csc(COC2COC2)c1. The maximum absolute atomic E-state index is 8.54. The average Bonchev–Trinajstić information content (AvgIpc) is 2.60. The molecular weight excluding hydrogens is 212 g/mol. The van der Waals surface area contributed by atoms with Crippen molar-refractivity contribution in [3.63, 3.8) is 0 Å². The molecule has 1 aliphatic heterocycles. The van der Waals surface area contributed by atoms with Crippen molar-refractivity contribution in [3.8, 4) is 11.8 Å². The van der Waals surface area contributed by atoms with Gasteiger partial charge in [0, 0.05) is 15.8 Å². The predicted molar refractivity (Wildman–Crippen MR) is 57.7 cm³/mol. The van der Waals surface area contributed by atoms with Gasteiger partial charge in [-0.2, -0.15) is 0 Å². The summed E-state index contributed by atoms with van der Waals surface area (Å²) in [6, 6.07) is 1.99. The van der Waals surface area contributed by atoms with E-state index in [1.807, 2.05) is 11.4 Å². The molecular formula is C11H12O3S. The van der Waals surface area contributed by atoms with Gasteiger partial charge in [-0.15, -0.1) is 11.3 Å². The molecule has 0 amide bonds. The molecule has 0 spiro atoms. The summed E-state index contributed by atoms with van der Waals surface area (Å²) in [7, 11) is 0. The van der Waals surface area contributed by atoms with E-state index in [2.05, 4.69) is 11.8 Å². The van der Waals surface area contributed by atoms with Crippen LogP contribution in [0.1, 0.15) is 10.4 Å². The topological polar surface area (TPSA) is 38.7 Å². The lowest BCUT2D eigenvalue weighted by Crippen LogP contribution is -2.35. The molecule has 0 unspecified atom stereocenters. The van der Waals surface area contributed by atoms with E-state index >= 15 is 0 Å². The fourth-order valence-corrected chi connectivity index (χ4v) is 1.91. The molecule has 0 aliphatic carbocycles. The van der Waals surface area contributed by atoms with E-state index in [-0.39, 0.29) is 12.7 Å². The van der Waals surface area contributed by atoms with Gasteiger partial charge in [0.05, 0.1) is 19.8 Å². The van der Waals surface area contributed by atoms with E-state index in [0.29, 0.717) is 19.8 Å². The fraction of sp³-hybridized carbons (Fsp3) is 0.455. The maximum Gasteiger partial charge on any atom is 0.105 e. The Morgan fingerprint density at radius 3 is 3.13 bits per heavy atom. The second-order valence-electron chi connectivity index (χ2n) is 3.23. The highest BCUT2D eigenvalue weighted by Crippen LogP contribution is 2.17.